The molecule has 6 heteroatoms. The summed E-state index contributed by atoms with van der Waals surface area (Å²) in [5.41, 5.74) is 0.426. The van der Waals surface area contributed by atoms with E-state index in [1.165, 1.54) is 4.31 Å². The van der Waals surface area contributed by atoms with Gasteiger partial charge < -0.3 is 4.52 Å². The van der Waals surface area contributed by atoms with Gasteiger partial charge in [-0.15, -0.1) is 0 Å². The monoisotopic (exact) mass is 288 g/mol. The molecule has 0 aliphatic heterocycles. The van der Waals surface area contributed by atoms with Crippen molar-refractivity contribution in [3.63, 3.8) is 0 Å². The van der Waals surface area contributed by atoms with E-state index in [1.54, 1.807) is 13.8 Å². The van der Waals surface area contributed by atoms with Crippen LogP contribution in [0, 0.1) is 25.7 Å². The molecule has 1 aromatic heterocycles. The number of sulfonamides is 1. The van der Waals surface area contributed by atoms with Gasteiger partial charge in [-0.3, -0.25) is 0 Å². The lowest BCUT2D eigenvalue weighted by Crippen LogP contribution is -2.37. The third kappa shape index (κ3) is 3.79. The lowest BCUT2D eigenvalue weighted by Gasteiger charge is -2.25. The highest BCUT2D eigenvalue weighted by atomic mass is 32.2. The van der Waals surface area contributed by atoms with Crippen LogP contribution < -0.4 is 0 Å². The van der Waals surface area contributed by atoms with Gasteiger partial charge in [0.15, 0.2) is 5.76 Å². The number of rotatable bonds is 6. The normalized spacial score (nSPS) is 12.9. The molecule has 0 saturated heterocycles. The molecule has 0 aromatic carbocycles. The van der Waals surface area contributed by atoms with Crippen molar-refractivity contribution < 1.29 is 12.9 Å². The van der Waals surface area contributed by atoms with Crippen LogP contribution in [0.5, 0.6) is 0 Å². The van der Waals surface area contributed by atoms with E-state index >= 15 is 0 Å². The van der Waals surface area contributed by atoms with E-state index in [4.69, 9.17) is 4.52 Å². The predicted molar refractivity (Wildman–Crippen MR) is 74.4 cm³/mol. The molecule has 1 aromatic rings. The van der Waals surface area contributed by atoms with Gasteiger partial charge in [-0.05, 0) is 25.7 Å². The predicted octanol–water partition coefficient (Wildman–Crippen LogP) is 2.59. The molecule has 1 heterocycles. The second-order valence-electron chi connectivity index (χ2n) is 5.76. The highest BCUT2D eigenvalue weighted by molar-refractivity contribution is 7.89. The van der Waals surface area contributed by atoms with E-state index in [1.807, 2.05) is 27.7 Å². The van der Waals surface area contributed by atoms with E-state index in [0.717, 1.165) is 0 Å². The van der Waals surface area contributed by atoms with Crippen molar-refractivity contribution in [2.75, 3.05) is 13.1 Å². The number of nitrogens with zero attached hydrogens (tertiary/aromatic N) is 2. The lowest BCUT2D eigenvalue weighted by molar-refractivity contribution is 0.332. The summed E-state index contributed by atoms with van der Waals surface area (Å²) >= 11 is 0. The van der Waals surface area contributed by atoms with Crippen LogP contribution in [-0.2, 0) is 10.0 Å². The Morgan fingerprint density at radius 3 is 1.89 bits per heavy atom. The number of aromatic nitrogens is 1. The Kier molecular flexibility index (Phi) is 5.15. The molecule has 0 aliphatic rings. The summed E-state index contributed by atoms with van der Waals surface area (Å²) in [6, 6.07) is 0. The lowest BCUT2D eigenvalue weighted by atomic mass is 10.2. The summed E-state index contributed by atoms with van der Waals surface area (Å²) in [7, 11) is -3.53. The molecule has 0 atom stereocenters. The van der Waals surface area contributed by atoms with Gasteiger partial charge in [-0.25, -0.2) is 8.42 Å². The molecule has 0 saturated carbocycles. The maximum absolute atomic E-state index is 12.7. The van der Waals surface area contributed by atoms with Crippen LogP contribution in [-0.4, -0.2) is 31.0 Å². The largest absolute Gasteiger partial charge is 0.360 e. The molecule has 110 valence electrons. The van der Waals surface area contributed by atoms with E-state index in [2.05, 4.69) is 5.16 Å². The summed E-state index contributed by atoms with van der Waals surface area (Å²) < 4.78 is 32.0. The SMILES string of the molecule is Cc1noc(C)c1S(=O)(=O)N(CC(C)C)CC(C)C. The Morgan fingerprint density at radius 2 is 1.58 bits per heavy atom. The van der Waals surface area contributed by atoms with Gasteiger partial charge in [-0.2, -0.15) is 4.31 Å². The molecule has 19 heavy (non-hydrogen) atoms. The Labute approximate surface area is 116 Å². The molecule has 0 N–H and O–H groups in total. The topological polar surface area (TPSA) is 63.4 Å². The van der Waals surface area contributed by atoms with Crippen molar-refractivity contribution in [3.8, 4) is 0 Å². The van der Waals surface area contributed by atoms with Crippen molar-refractivity contribution in [1.82, 2.24) is 9.46 Å². The number of aryl methyl sites for hydroxylation is 2. The van der Waals surface area contributed by atoms with Crippen LogP contribution in [0.3, 0.4) is 0 Å². The molecular formula is C13H24N2O3S. The third-order valence-electron chi connectivity index (χ3n) is 2.70. The first-order valence-electron chi connectivity index (χ1n) is 6.59. The maximum Gasteiger partial charge on any atom is 0.248 e. The summed E-state index contributed by atoms with van der Waals surface area (Å²) in [5.74, 6) is 0.901. The molecule has 1 rings (SSSR count). The van der Waals surface area contributed by atoms with Crippen LogP contribution >= 0.6 is 0 Å². The average Bonchev–Trinajstić information content (AvgIpc) is 2.56. The first-order chi connectivity index (χ1) is 8.66. The zero-order valence-corrected chi connectivity index (χ0v) is 13.4. The molecule has 0 bridgehead atoms. The fourth-order valence-corrected chi connectivity index (χ4v) is 4.12. The first kappa shape index (κ1) is 16.2. The Hall–Kier alpha value is -0.880. The molecular weight excluding hydrogens is 264 g/mol. The van der Waals surface area contributed by atoms with Gasteiger partial charge in [0.05, 0.1) is 0 Å². The van der Waals surface area contributed by atoms with Gasteiger partial charge in [0.25, 0.3) is 0 Å². The molecule has 0 aliphatic carbocycles. The van der Waals surface area contributed by atoms with Gasteiger partial charge in [0.1, 0.15) is 10.6 Å². The molecule has 0 amide bonds. The van der Waals surface area contributed by atoms with Crippen LogP contribution in [0.2, 0.25) is 0 Å². The number of hydrogen-bond donors (Lipinski definition) is 0. The second kappa shape index (κ2) is 6.05. The minimum Gasteiger partial charge on any atom is -0.360 e. The van der Waals surface area contributed by atoms with Gasteiger partial charge in [0, 0.05) is 13.1 Å². The second-order valence-corrected chi connectivity index (χ2v) is 7.64. The van der Waals surface area contributed by atoms with E-state index in [0.29, 0.717) is 24.5 Å². The third-order valence-corrected chi connectivity index (χ3v) is 4.78. The molecule has 0 spiro atoms. The quantitative estimate of drug-likeness (QED) is 0.807. The highest BCUT2D eigenvalue weighted by Crippen LogP contribution is 2.24. The fourth-order valence-electron chi connectivity index (χ4n) is 2.06. The molecule has 0 unspecified atom stereocenters. The first-order valence-corrected chi connectivity index (χ1v) is 8.03. The minimum absolute atomic E-state index is 0.216. The van der Waals surface area contributed by atoms with Crippen LogP contribution in [0.1, 0.15) is 39.1 Å². The van der Waals surface area contributed by atoms with Crippen molar-refractivity contribution in [1.29, 1.82) is 0 Å². The van der Waals surface area contributed by atoms with Crippen LogP contribution in [0.15, 0.2) is 9.42 Å². The minimum atomic E-state index is -3.53. The maximum atomic E-state index is 12.7. The van der Waals surface area contributed by atoms with E-state index in [9.17, 15) is 8.42 Å². The van der Waals surface area contributed by atoms with Crippen molar-refractivity contribution >= 4 is 10.0 Å². The zero-order chi connectivity index (χ0) is 14.8. The number of hydrogen-bond acceptors (Lipinski definition) is 4. The Balaban J connectivity index is 3.19. The Bertz CT molecular complexity index is 488. The highest BCUT2D eigenvalue weighted by Gasteiger charge is 2.31. The summed E-state index contributed by atoms with van der Waals surface area (Å²) in [5, 5.41) is 3.74. The fraction of sp³-hybridized carbons (Fsp3) is 0.769. The summed E-state index contributed by atoms with van der Waals surface area (Å²) in [6.07, 6.45) is 0. The standard InChI is InChI=1S/C13H24N2O3S/c1-9(2)7-15(8-10(3)4)19(16,17)13-11(5)14-18-12(13)6/h9-10H,7-8H2,1-6H3. The van der Waals surface area contributed by atoms with Crippen LogP contribution in [0.25, 0.3) is 0 Å². The van der Waals surface area contributed by atoms with Crippen molar-refractivity contribution in [2.24, 2.45) is 11.8 Å². The summed E-state index contributed by atoms with van der Waals surface area (Å²) in [4.78, 5) is 0.216. The van der Waals surface area contributed by atoms with Crippen LogP contribution in [0.4, 0.5) is 0 Å². The zero-order valence-electron chi connectivity index (χ0n) is 12.6. The molecule has 5 nitrogen and oxygen atoms in total. The van der Waals surface area contributed by atoms with Crippen molar-refractivity contribution in [2.45, 2.75) is 46.4 Å². The molecule has 0 fully saturated rings. The average molecular weight is 288 g/mol. The van der Waals surface area contributed by atoms with Gasteiger partial charge in [0.2, 0.25) is 10.0 Å². The smallest absolute Gasteiger partial charge is 0.248 e. The summed E-state index contributed by atoms with van der Waals surface area (Å²) in [6.45, 7) is 12.3. The molecule has 0 radical (unpaired) electrons. The van der Waals surface area contributed by atoms with Gasteiger partial charge >= 0.3 is 0 Å². The van der Waals surface area contributed by atoms with Gasteiger partial charge in [-0.1, -0.05) is 32.9 Å². The van der Waals surface area contributed by atoms with Crippen molar-refractivity contribution in [3.05, 3.63) is 11.5 Å². The Morgan fingerprint density at radius 1 is 1.11 bits per heavy atom. The van der Waals surface area contributed by atoms with E-state index < -0.39 is 10.0 Å². The van der Waals surface area contributed by atoms with E-state index in [-0.39, 0.29) is 16.7 Å².